The number of urea groups is 1. The van der Waals surface area contributed by atoms with Crippen molar-refractivity contribution < 1.29 is 33.1 Å². The van der Waals surface area contributed by atoms with Crippen LogP contribution in [0.3, 0.4) is 0 Å². The molecule has 12 heteroatoms. The molecule has 0 atom stereocenters. The van der Waals surface area contributed by atoms with Gasteiger partial charge in [-0.25, -0.2) is 9.59 Å². The predicted octanol–water partition coefficient (Wildman–Crippen LogP) is 2.59. The summed E-state index contributed by atoms with van der Waals surface area (Å²) in [6, 6.07) is 3.98. The fourth-order valence-electron chi connectivity index (χ4n) is 4.00. The molecule has 3 heterocycles. The maximum Gasteiger partial charge on any atom is 0.349 e. The number of anilines is 1. The van der Waals surface area contributed by atoms with Crippen molar-refractivity contribution in [2.45, 2.75) is 45.1 Å². The smallest absolute Gasteiger partial charge is 0.349 e. The van der Waals surface area contributed by atoms with Gasteiger partial charge < -0.3 is 19.8 Å². The van der Waals surface area contributed by atoms with Crippen molar-refractivity contribution >= 4 is 46.1 Å². The highest BCUT2D eigenvalue weighted by Gasteiger charge is 2.52. The van der Waals surface area contributed by atoms with E-state index in [2.05, 4.69) is 23.0 Å². The van der Waals surface area contributed by atoms with E-state index in [0.717, 1.165) is 24.2 Å². The summed E-state index contributed by atoms with van der Waals surface area (Å²) in [4.78, 5) is 62.1. The average molecular weight is 489 g/mol. The van der Waals surface area contributed by atoms with Gasteiger partial charge in [0.05, 0.1) is 11.3 Å². The van der Waals surface area contributed by atoms with Gasteiger partial charge in [-0.1, -0.05) is 6.92 Å². The summed E-state index contributed by atoms with van der Waals surface area (Å²) in [7, 11) is 0. The minimum Gasteiger partial charge on any atom is -0.459 e. The number of furan rings is 1. The van der Waals surface area contributed by atoms with E-state index in [9.17, 15) is 24.0 Å². The van der Waals surface area contributed by atoms with Gasteiger partial charge in [-0.15, -0.1) is 11.3 Å². The molecule has 0 aromatic carbocycles. The van der Waals surface area contributed by atoms with Gasteiger partial charge in [0.15, 0.2) is 12.4 Å². The summed E-state index contributed by atoms with van der Waals surface area (Å²) in [5.41, 5.74) is 1.78. The first-order valence-electron chi connectivity index (χ1n) is 10.8. The van der Waals surface area contributed by atoms with E-state index in [1.807, 2.05) is 0 Å². The number of ether oxygens (including phenoxy) is 1. The van der Waals surface area contributed by atoms with Crippen molar-refractivity contribution in [3.8, 4) is 0 Å². The first kappa shape index (κ1) is 23.5. The van der Waals surface area contributed by atoms with E-state index in [1.165, 1.54) is 12.3 Å². The highest BCUT2D eigenvalue weighted by molar-refractivity contribution is 7.18. The summed E-state index contributed by atoms with van der Waals surface area (Å²) in [5.74, 6) is -1.97. The van der Waals surface area contributed by atoms with Crippen molar-refractivity contribution in [3.05, 3.63) is 40.7 Å². The number of nitrogens with one attached hydrogen (secondary N) is 3. The molecule has 11 nitrogen and oxygen atoms in total. The molecule has 1 spiro atoms. The zero-order chi connectivity index (χ0) is 24.5. The van der Waals surface area contributed by atoms with Crippen molar-refractivity contribution in [2.24, 2.45) is 5.92 Å². The Kier molecular flexibility index (Phi) is 6.42. The second kappa shape index (κ2) is 9.29. The van der Waals surface area contributed by atoms with Gasteiger partial charge in [-0.05, 0) is 62.3 Å². The van der Waals surface area contributed by atoms with Crippen molar-refractivity contribution in [1.29, 1.82) is 0 Å². The van der Waals surface area contributed by atoms with Gasteiger partial charge in [0, 0.05) is 0 Å². The van der Waals surface area contributed by atoms with Crippen molar-refractivity contribution in [1.82, 2.24) is 15.8 Å². The lowest BCUT2D eigenvalue weighted by molar-refractivity contribution is -0.141. The van der Waals surface area contributed by atoms with Crippen LogP contribution in [0, 0.1) is 12.8 Å². The minimum atomic E-state index is -0.988. The quantitative estimate of drug-likeness (QED) is 0.418. The Balaban J connectivity index is 1.31. The number of carbonyl (C=O) groups is 5. The second-order valence-corrected chi connectivity index (χ2v) is 9.55. The topological polar surface area (TPSA) is 147 Å². The molecule has 2 aliphatic rings. The van der Waals surface area contributed by atoms with Gasteiger partial charge in [0.2, 0.25) is 0 Å². The normalized spacial score (nSPS) is 21.9. The number of thiophene rings is 1. The highest BCUT2D eigenvalue weighted by atomic mass is 32.1. The molecule has 2 aromatic heterocycles. The Morgan fingerprint density at radius 2 is 2.03 bits per heavy atom. The summed E-state index contributed by atoms with van der Waals surface area (Å²) in [6.45, 7) is 3.06. The largest absolute Gasteiger partial charge is 0.459 e. The lowest BCUT2D eigenvalue weighted by Crippen LogP contribution is -2.52. The van der Waals surface area contributed by atoms with Crippen LogP contribution in [0.25, 0.3) is 0 Å². The Labute approximate surface area is 198 Å². The van der Waals surface area contributed by atoms with Crippen LogP contribution in [-0.2, 0) is 14.3 Å². The Morgan fingerprint density at radius 3 is 2.71 bits per heavy atom. The zero-order valence-corrected chi connectivity index (χ0v) is 19.5. The molecule has 0 bridgehead atoms. The minimum absolute atomic E-state index is 0.122. The lowest BCUT2D eigenvalue weighted by Gasteiger charge is -2.33. The van der Waals surface area contributed by atoms with Crippen LogP contribution < -0.4 is 16.1 Å². The first-order valence-corrected chi connectivity index (χ1v) is 11.6. The first-order chi connectivity index (χ1) is 16.2. The third kappa shape index (κ3) is 4.67. The third-order valence-electron chi connectivity index (χ3n) is 5.95. The average Bonchev–Trinajstić information content (AvgIpc) is 3.51. The Bertz CT molecular complexity index is 1130. The summed E-state index contributed by atoms with van der Waals surface area (Å²) >= 11 is 0.985. The van der Waals surface area contributed by atoms with E-state index in [0.29, 0.717) is 34.3 Å². The molecule has 1 saturated carbocycles. The maximum absolute atomic E-state index is 12.8. The number of hydrogen-bond acceptors (Lipinski definition) is 8. The number of esters is 1. The van der Waals surface area contributed by atoms with Crippen LogP contribution in [-0.4, -0.2) is 46.9 Å². The van der Waals surface area contributed by atoms with Gasteiger partial charge in [0.25, 0.3) is 17.7 Å². The number of rotatable bonds is 6. The molecule has 4 rings (SSSR count). The van der Waals surface area contributed by atoms with Crippen LogP contribution in [0.1, 0.15) is 58.4 Å². The second-order valence-electron chi connectivity index (χ2n) is 8.50. The van der Waals surface area contributed by atoms with E-state index < -0.39 is 41.9 Å². The molecule has 0 radical (unpaired) electrons. The molecule has 34 heavy (non-hydrogen) atoms. The summed E-state index contributed by atoms with van der Waals surface area (Å²) in [6.07, 6.45) is 4.00. The number of amides is 5. The molecule has 0 unspecified atom stereocenters. The zero-order valence-electron chi connectivity index (χ0n) is 18.6. The van der Waals surface area contributed by atoms with Crippen LogP contribution in [0.5, 0.6) is 0 Å². The van der Waals surface area contributed by atoms with Crippen LogP contribution in [0.4, 0.5) is 9.80 Å². The maximum atomic E-state index is 12.8. The van der Waals surface area contributed by atoms with Gasteiger partial charge in [0.1, 0.15) is 10.4 Å². The van der Waals surface area contributed by atoms with Crippen molar-refractivity contribution in [3.63, 3.8) is 0 Å². The van der Waals surface area contributed by atoms with E-state index in [4.69, 9.17) is 9.15 Å². The van der Waals surface area contributed by atoms with Crippen LogP contribution in [0.15, 0.2) is 28.9 Å². The molecule has 1 saturated heterocycles. The number of hydrazine groups is 1. The Morgan fingerprint density at radius 1 is 1.29 bits per heavy atom. The number of nitrogens with zero attached hydrogens (tertiary/aromatic N) is 1. The van der Waals surface area contributed by atoms with Gasteiger partial charge >= 0.3 is 12.0 Å². The molecule has 1 aliphatic heterocycles. The molecule has 3 N–H and O–H groups in total. The fourth-order valence-corrected chi connectivity index (χ4v) is 4.96. The standard InChI is InChI=1S/C22H24N4O7S/c1-12-5-7-22(8-6-12)20(30)26(21(31)24-22)25-15(27)11-33-19(29)17-13(2)10-16(34-17)23-18(28)14-4-3-9-32-14/h3-4,9-10,12H,5-8,11H2,1-2H3,(H,23,28)(H,24,31)(H,25,27). The molecular weight excluding hydrogens is 464 g/mol. The molecule has 180 valence electrons. The molecule has 5 amide bonds. The predicted molar refractivity (Wildman–Crippen MR) is 120 cm³/mol. The van der Waals surface area contributed by atoms with E-state index in [1.54, 1.807) is 19.1 Å². The van der Waals surface area contributed by atoms with E-state index in [-0.39, 0.29) is 10.6 Å². The van der Waals surface area contributed by atoms with Gasteiger partial charge in [-0.2, -0.15) is 5.01 Å². The molecule has 2 aromatic rings. The van der Waals surface area contributed by atoms with E-state index >= 15 is 0 Å². The third-order valence-corrected chi connectivity index (χ3v) is 7.08. The number of hydrogen-bond donors (Lipinski definition) is 3. The highest BCUT2D eigenvalue weighted by Crippen LogP contribution is 2.35. The number of aryl methyl sites for hydroxylation is 1. The monoisotopic (exact) mass is 488 g/mol. The Hall–Kier alpha value is -3.67. The molecule has 1 aliphatic carbocycles. The number of carbonyl (C=O) groups excluding carboxylic acids is 5. The van der Waals surface area contributed by atoms with Gasteiger partial charge in [-0.3, -0.25) is 19.8 Å². The summed E-state index contributed by atoms with van der Waals surface area (Å²) < 4.78 is 10.1. The number of imide groups is 1. The summed E-state index contributed by atoms with van der Waals surface area (Å²) in [5, 5.41) is 6.38. The van der Waals surface area contributed by atoms with Crippen LogP contribution in [0.2, 0.25) is 0 Å². The lowest BCUT2D eigenvalue weighted by atomic mass is 9.77. The SMILES string of the molecule is Cc1cc(NC(=O)c2ccco2)sc1C(=O)OCC(=O)NN1C(=O)NC2(CCC(C)CC2)C1=O. The van der Waals surface area contributed by atoms with Crippen LogP contribution >= 0.6 is 11.3 Å². The van der Waals surface area contributed by atoms with Crippen molar-refractivity contribution in [2.75, 3.05) is 11.9 Å². The fraction of sp³-hybridized carbons (Fsp3) is 0.409. The molecular formula is C22H24N4O7S. The molecule has 2 fully saturated rings.